The fourth-order valence-corrected chi connectivity index (χ4v) is 1.08. The normalized spacial score (nSPS) is 15.7. The van der Waals surface area contributed by atoms with Gasteiger partial charge in [0.05, 0.1) is 19.3 Å². The average molecular weight is 191 g/mol. The Bertz CT molecular complexity index is 99.0. The number of nitrogens with one attached hydrogen (secondary N) is 1. The number of methoxy groups -OCH3 is 2. The predicted octanol–water partition coefficient (Wildman–Crippen LogP) is 0.00830. The second-order valence-corrected chi connectivity index (χ2v) is 3.21. The van der Waals surface area contributed by atoms with Gasteiger partial charge in [-0.1, -0.05) is 0 Å². The SMILES string of the molecule is COCC(O)CCNC(C)COC. The van der Waals surface area contributed by atoms with Gasteiger partial charge >= 0.3 is 0 Å². The molecule has 0 aliphatic heterocycles. The van der Waals surface area contributed by atoms with Gasteiger partial charge in [-0.2, -0.15) is 0 Å². The molecule has 0 bridgehead atoms. The minimum Gasteiger partial charge on any atom is -0.391 e. The third kappa shape index (κ3) is 8.18. The largest absolute Gasteiger partial charge is 0.391 e. The summed E-state index contributed by atoms with van der Waals surface area (Å²) in [4.78, 5) is 0. The highest BCUT2D eigenvalue weighted by Gasteiger charge is 2.04. The van der Waals surface area contributed by atoms with Gasteiger partial charge in [0.2, 0.25) is 0 Å². The molecule has 0 aromatic carbocycles. The van der Waals surface area contributed by atoms with E-state index in [0.29, 0.717) is 25.7 Å². The molecule has 0 amide bonds. The topological polar surface area (TPSA) is 50.7 Å². The van der Waals surface area contributed by atoms with Crippen molar-refractivity contribution in [3.05, 3.63) is 0 Å². The molecular weight excluding hydrogens is 170 g/mol. The monoisotopic (exact) mass is 191 g/mol. The highest BCUT2D eigenvalue weighted by molar-refractivity contribution is 4.62. The summed E-state index contributed by atoms with van der Waals surface area (Å²) in [6, 6.07) is 0.333. The van der Waals surface area contributed by atoms with Crippen LogP contribution in [0.25, 0.3) is 0 Å². The Balaban J connectivity index is 3.23. The number of aliphatic hydroxyl groups is 1. The lowest BCUT2D eigenvalue weighted by molar-refractivity contribution is 0.0583. The molecule has 0 fully saturated rings. The summed E-state index contributed by atoms with van der Waals surface area (Å²) in [5.41, 5.74) is 0. The van der Waals surface area contributed by atoms with E-state index in [1.54, 1.807) is 14.2 Å². The first kappa shape index (κ1) is 12.8. The van der Waals surface area contributed by atoms with Gasteiger partial charge in [0.1, 0.15) is 0 Å². The molecule has 0 saturated carbocycles. The first-order chi connectivity index (χ1) is 6.20. The number of hydrogen-bond acceptors (Lipinski definition) is 4. The number of rotatable bonds is 8. The van der Waals surface area contributed by atoms with Crippen molar-refractivity contribution in [3.63, 3.8) is 0 Å². The molecule has 0 aromatic heterocycles. The van der Waals surface area contributed by atoms with Gasteiger partial charge in [-0.25, -0.2) is 0 Å². The third-order valence-corrected chi connectivity index (χ3v) is 1.75. The highest BCUT2D eigenvalue weighted by atomic mass is 16.5. The molecule has 0 aliphatic carbocycles. The molecule has 2 atom stereocenters. The van der Waals surface area contributed by atoms with Crippen LogP contribution in [0.15, 0.2) is 0 Å². The Morgan fingerprint density at radius 3 is 2.38 bits per heavy atom. The molecule has 0 radical (unpaired) electrons. The van der Waals surface area contributed by atoms with Crippen molar-refractivity contribution in [2.24, 2.45) is 0 Å². The van der Waals surface area contributed by atoms with E-state index in [4.69, 9.17) is 9.47 Å². The lowest BCUT2D eigenvalue weighted by atomic mass is 10.2. The minimum absolute atomic E-state index is 0.333. The molecule has 0 spiro atoms. The second-order valence-electron chi connectivity index (χ2n) is 3.21. The van der Waals surface area contributed by atoms with Gasteiger partial charge < -0.3 is 19.9 Å². The lowest BCUT2D eigenvalue weighted by Gasteiger charge is -2.14. The lowest BCUT2D eigenvalue weighted by Crippen LogP contribution is -2.33. The fourth-order valence-electron chi connectivity index (χ4n) is 1.08. The van der Waals surface area contributed by atoms with Crippen LogP contribution in [0.2, 0.25) is 0 Å². The molecule has 2 unspecified atom stereocenters. The average Bonchev–Trinajstić information content (AvgIpc) is 2.05. The summed E-state index contributed by atoms with van der Waals surface area (Å²) >= 11 is 0. The Labute approximate surface area is 80.2 Å². The van der Waals surface area contributed by atoms with Crippen molar-refractivity contribution in [3.8, 4) is 0 Å². The van der Waals surface area contributed by atoms with Crippen molar-refractivity contribution < 1.29 is 14.6 Å². The van der Waals surface area contributed by atoms with Crippen LogP contribution in [0, 0.1) is 0 Å². The zero-order chi connectivity index (χ0) is 10.1. The van der Waals surface area contributed by atoms with E-state index in [1.807, 2.05) is 6.92 Å². The minimum atomic E-state index is -0.368. The van der Waals surface area contributed by atoms with E-state index >= 15 is 0 Å². The zero-order valence-corrected chi connectivity index (χ0v) is 8.75. The molecule has 2 N–H and O–H groups in total. The van der Waals surface area contributed by atoms with Crippen LogP contribution >= 0.6 is 0 Å². The van der Waals surface area contributed by atoms with Crippen molar-refractivity contribution in [1.82, 2.24) is 5.32 Å². The van der Waals surface area contributed by atoms with Gasteiger partial charge in [-0.05, 0) is 19.9 Å². The summed E-state index contributed by atoms with van der Waals surface area (Å²) < 4.78 is 9.77. The molecule has 0 rings (SSSR count). The molecule has 0 saturated heterocycles. The molecule has 13 heavy (non-hydrogen) atoms. The van der Waals surface area contributed by atoms with Crippen LogP contribution in [-0.2, 0) is 9.47 Å². The highest BCUT2D eigenvalue weighted by Crippen LogP contribution is 1.91. The number of aliphatic hydroxyl groups excluding tert-OH is 1. The standard InChI is InChI=1S/C9H21NO3/c1-8(6-12-2)10-5-4-9(11)7-13-3/h8-11H,4-7H2,1-3H3. The van der Waals surface area contributed by atoms with Crippen LogP contribution in [0.3, 0.4) is 0 Å². The Kier molecular flexibility index (Phi) is 8.33. The summed E-state index contributed by atoms with van der Waals surface area (Å²) in [5, 5.41) is 12.5. The molecule has 80 valence electrons. The van der Waals surface area contributed by atoms with Crippen LogP contribution in [0.4, 0.5) is 0 Å². The van der Waals surface area contributed by atoms with Crippen LogP contribution in [-0.4, -0.2) is 51.2 Å². The van der Waals surface area contributed by atoms with E-state index in [-0.39, 0.29) is 6.10 Å². The molecule has 0 aromatic rings. The quantitative estimate of drug-likeness (QED) is 0.567. The van der Waals surface area contributed by atoms with E-state index < -0.39 is 0 Å². The van der Waals surface area contributed by atoms with Crippen molar-refractivity contribution in [2.75, 3.05) is 34.0 Å². The van der Waals surface area contributed by atoms with E-state index in [2.05, 4.69) is 5.32 Å². The second kappa shape index (κ2) is 8.44. The first-order valence-corrected chi connectivity index (χ1v) is 4.60. The number of ether oxygens (including phenoxy) is 2. The van der Waals surface area contributed by atoms with Crippen LogP contribution in [0.1, 0.15) is 13.3 Å². The zero-order valence-electron chi connectivity index (χ0n) is 8.75. The summed E-state index contributed by atoms with van der Waals surface area (Å²) in [7, 11) is 3.27. The summed E-state index contributed by atoms with van der Waals surface area (Å²) in [6.07, 6.45) is 0.342. The third-order valence-electron chi connectivity index (χ3n) is 1.75. The van der Waals surface area contributed by atoms with Gasteiger partial charge in [0, 0.05) is 20.3 Å². The van der Waals surface area contributed by atoms with Crippen molar-refractivity contribution >= 4 is 0 Å². The Hall–Kier alpha value is -0.160. The molecule has 0 heterocycles. The molecule has 4 nitrogen and oxygen atoms in total. The van der Waals surface area contributed by atoms with E-state index in [1.165, 1.54) is 0 Å². The Morgan fingerprint density at radius 2 is 1.85 bits per heavy atom. The van der Waals surface area contributed by atoms with Crippen molar-refractivity contribution in [1.29, 1.82) is 0 Å². The summed E-state index contributed by atoms with van der Waals surface area (Å²) in [6.45, 7) is 3.93. The maximum absolute atomic E-state index is 9.30. The van der Waals surface area contributed by atoms with Gasteiger partial charge in [-0.15, -0.1) is 0 Å². The fraction of sp³-hybridized carbons (Fsp3) is 1.00. The van der Waals surface area contributed by atoms with Gasteiger partial charge in [0.15, 0.2) is 0 Å². The van der Waals surface area contributed by atoms with Crippen molar-refractivity contribution in [2.45, 2.75) is 25.5 Å². The first-order valence-electron chi connectivity index (χ1n) is 4.60. The summed E-state index contributed by atoms with van der Waals surface area (Å²) in [5.74, 6) is 0. The smallest absolute Gasteiger partial charge is 0.0785 e. The molecule has 4 heteroatoms. The molecule has 0 aliphatic rings. The van der Waals surface area contributed by atoms with E-state index in [0.717, 1.165) is 6.54 Å². The van der Waals surface area contributed by atoms with Gasteiger partial charge in [0.25, 0.3) is 0 Å². The van der Waals surface area contributed by atoms with Gasteiger partial charge in [-0.3, -0.25) is 0 Å². The van der Waals surface area contributed by atoms with Crippen LogP contribution < -0.4 is 5.32 Å². The maximum Gasteiger partial charge on any atom is 0.0785 e. The predicted molar refractivity (Wildman–Crippen MR) is 51.8 cm³/mol. The molecular formula is C9H21NO3. The Morgan fingerprint density at radius 1 is 1.23 bits per heavy atom. The van der Waals surface area contributed by atoms with Crippen LogP contribution in [0.5, 0.6) is 0 Å². The maximum atomic E-state index is 9.30. The van der Waals surface area contributed by atoms with E-state index in [9.17, 15) is 5.11 Å². The number of hydrogen-bond donors (Lipinski definition) is 2.